The average molecular weight is 326 g/mol. The van der Waals surface area contributed by atoms with E-state index in [9.17, 15) is 4.79 Å². The van der Waals surface area contributed by atoms with E-state index in [4.69, 9.17) is 10.5 Å². The van der Waals surface area contributed by atoms with E-state index in [1.165, 1.54) is 11.1 Å². The van der Waals surface area contributed by atoms with E-state index in [-0.39, 0.29) is 17.9 Å². The first kappa shape index (κ1) is 18.2. The standard InChI is InChI=1S/C20H26N2O2/c1-24-18(15-21)14-20(23)22-13-12-19(16-8-4-2-5-9-16)17-10-6-3-7-11-17/h2-11,18-19H,12-15,21H2,1H3,(H,22,23). The van der Waals surface area contributed by atoms with Crippen LogP contribution in [0.4, 0.5) is 0 Å². The van der Waals surface area contributed by atoms with Crippen LogP contribution >= 0.6 is 0 Å². The van der Waals surface area contributed by atoms with Crippen molar-refractivity contribution < 1.29 is 9.53 Å². The Morgan fingerprint density at radius 2 is 1.58 bits per heavy atom. The molecule has 0 fully saturated rings. The minimum absolute atomic E-state index is 0.0211. The van der Waals surface area contributed by atoms with Gasteiger partial charge in [-0.25, -0.2) is 0 Å². The zero-order valence-corrected chi connectivity index (χ0v) is 14.2. The highest BCUT2D eigenvalue weighted by molar-refractivity contribution is 5.76. The van der Waals surface area contributed by atoms with Gasteiger partial charge in [-0.05, 0) is 17.5 Å². The van der Waals surface area contributed by atoms with Crippen molar-refractivity contribution in [3.8, 4) is 0 Å². The van der Waals surface area contributed by atoms with Crippen LogP contribution in [0.15, 0.2) is 60.7 Å². The van der Waals surface area contributed by atoms with Gasteiger partial charge in [0.15, 0.2) is 0 Å². The van der Waals surface area contributed by atoms with Gasteiger partial charge in [0, 0.05) is 26.1 Å². The fraction of sp³-hybridized carbons (Fsp3) is 0.350. The summed E-state index contributed by atoms with van der Waals surface area (Å²) in [6.45, 7) is 0.967. The SMILES string of the molecule is COC(CN)CC(=O)NCCC(c1ccccc1)c1ccccc1. The first-order valence-corrected chi connectivity index (χ1v) is 8.34. The van der Waals surface area contributed by atoms with E-state index in [0.29, 0.717) is 19.5 Å². The zero-order chi connectivity index (χ0) is 17.2. The lowest BCUT2D eigenvalue weighted by molar-refractivity contribution is -0.123. The average Bonchev–Trinajstić information content (AvgIpc) is 2.64. The summed E-state index contributed by atoms with van der Waals surface area (Å²) in [4.78, 5) is 12.0. The number of hydrogen-bond donors (Lipinski definition) is 2. The molecule has 1 atom stereocenters. The highest BCUT2D eigenvalue weighted by Gasteiger charge is 2.15. The van der Waals surface area contributed by atoms with Crippen molar-refractivity contribution in [1.82, 2.24) is 5.32 Å². The molecular weight excluding hydrogens is 300 g/mol. The van der Waals surface area contributed by atoms with E-state index in [1.54, 1.807) is 7.11 Å². The van der Waals surface area contributed by atoms with Crippen molar-refractivity contribution in [3.05, 3.63) is 71.8 Å². The topological polar surface area (TPSA) is 64.3 Å². The molecule has 0 bridgehead atoms. The van der Waals surface area contributed by atoms with E-state index < -0.39 is 0 Å². The van der Waals surface area contributed by atoms with Crippen LogP contribution in [0.25, 0.3) is 0 Å². The van der Waals surface area contributed by atoms with Gasteiger partial charge >= 0.3 is 0 Å². The molecule has 0 aliphatic rings. The van der Waals surface area contributed by atoms with E-state index in [0.717, 1.165) is 6.42 Å². The monoisotopic (exact) mass is 326 g/mol. The summed E-state index contributed by atoms with van der Waals surface area (Å²) >= 11 is 0. The number of amides is 1. The highest BCUT2D eigenvalue weighted by atomic mass is 16.5. The Hall–Kier alpha value is -2.17. The Balaban J connectivity index is 1.96. The summed E-state index contributed by atoms with van der Waals surface area (Å²) in [5.41, 5.74) is 8.07. The maximum Gasteiger partial charge on any atom is 0.222 e. The van der Waals surface area contributed by atoms with Crippen LogP contribution in [-0.4, -0.2) is 32.2 Å². The zero-order valence-electron chi connectivity index (χ0n) is 14.2. The van der Waals surface area contributed by atoms with Gasteiger partial charge in [0.2, 0.25) is 5.91 Å². The molecule has 2 aromatic rings. The second-order valence-electron chi connectivity index (χ2n) is 5.81. The van der Waals surface area contributed by atoms with Gasteiger partial charge < -0.3 is 15.8 Å². The molecule has 2 rings (SSSR count). The molecule has 1 amide bonds. The number of nitrogens with two attached hydrogens (primary N) is 1. The molecule has 0 aromatic heterocycles. The highest BCUT2D eigenvalue weighted by Crippen LogP contribution is 2.27. The number of ether oxygens (including phenoxy) is 1. The quantitative estimate of drug-likeness (QED) is 0.745. The van der Waals surface area contributed by atoms with Crippen molar-refractivity contribution in [2.75, 3.05) is 20.2 Å². The summed E-state index contributed by atoms with van der Waals surface area (Å²) < 4.78 is 5.15. The number of carbonyl (C=O) groups is 1. The first-order chi connectivity index (χ1) is 11.7. The van der Waals surface area contributed by atoms with Gasteiger partial charge in [-0.2, -0.15) is 0 Å². The normalized spacial score (nSPS) is 12.1. The molecule has 3 N–H and O–H groups in total. The van der Waals surface area contributed by atoms with Gasteiger partial charge in [-0.3, -0.25) is 4.79 Å². The molecule has 0 saturated heterocycles. The molecule has 0 aliphatic heterocycles. The molecule has 0 heterocycles. The number of methoxy groups -OCH3 is 1. The summed E-state index contributed by atoms with van der Waals surface area (Å²) in [7, 11) is 1.58. The summed E-state index contributed by atoms with van der Waals surface area (Å²) in [5, 5.41) is 2.98. The van der Waals surface area contributed by atoms with Crippen molar-refractivity contribution in [3.63, 3.8) is 0 Å². The maximum atomic E-state index is 12.0. The van der Waals surface area contributed by atoms with Gasteiger partial charge in [0.25, 0.3) is 0 Å². The third-order valence-corrected chi connectivity index (χ3v) is 4.17. The molecule has 0 spiro atoms. The lowest BCUT2D eigenvalue weighted by Crippen LogP contribution is -2.33. The molecule has 24 heavy (non-hydrogen) atoms. The third-order valence-electron chi connectivity index (χ3n) is 4.17. The van der Waals surface area contributed by atoms with Crippen molar-refractivity contribution in [1.29, 1.82) is 0 Å². The van der Waals surface area contributed by atoms with Crippen LogP contribution in [0.1, 0.15) is 29.9 Å². The van der Waals surface area contributed by atoms with Crippen LogP contribution < -0.4 is 11.1 Å². The van der Waals surface area contributed by atoms with E-state index >= 15 is 0 Å². The maximum absolute atomic E-state index is 12.0. The van der Waals surface area contributed by atoms with Crippen LogP contribution in [0, 0.1) is 0 Å². The summed E-state index contributed by atoms with van der Waals surface area (Å²) in [6, 6.07) is 20.8. The first-order valence-electron chi connectivity index (χ1n) is 8.34. The number of hydrogen-bond acceptors (Lipinski definition) is 3. The smallest absolute Gasteiger partial charge is 0.222 e. The molecular formula is C20H26N2O2. The number of nitrogens with one attached hydrogen (secondary N) is 1. The molecule has 1 unspecified atom stereocenters. The van der Waals surface area contributed by atoms with Crippen molar-refractivity contribution in [2.24, 2.45) is 5.73 Å². The van der Waals surface area contributed by atoms with Gasteiger partial charge in [0.1, 0.15) is 0 Å². The minimum atomic E-state index is -0.218. The Kier molecular flexibility index (Phi) is 7.46. The Bertz CT molecular complexity index is 558. The molecule has 0 saturated carbocycles. The lowest BCUT2D eigenvalue weighted by Gasteiger charge is -2.19. The Morgan fingerprint density at radius 3 is 2.04 bits per heavy atom. The Labute approximate surface area is 144 Å². The molecule has 4 heteroatoms. The molecule has 0 aliphatic carbocycles. The fourth-order valence-corrected chi connectivity index (χ4v) is 2.79. The lowest BCUT2D eigenvalue weighted by atomic mass is 9.88. The molecule has 128 valence electrons. The van der Waals surface area contributed by atoms with Crippen molar-refractivity contribution in [2.45, 2.75) is 24.9 Å². The van der Waals surface area contributed by atoms with Crippen LogP contribution in [0.5, 0.6) is 0 Å². The van der Waals surface area contributed by atoms with Crippen LogP contribution in [0.3, 0.4) is 0 Å². The molecule has 0 radical (unpaired) electrons. The summed E-state index contributed by atoms with van der Waals surface area (Å²) in [6.07, 6.45) is 0.929. The van der Waals surface area contributed by atoms with Crippen LogP contribution in [0.2, 0.25) is 0 Å². The fourth-order valence-electron chi connectivity index (χ4n) is 2.79. The van der Waals surface area contributed by atoms with Gasteiger partial charge in [0.05, 0.1) is 12.5 Å². The minimum Gasteiger partial charge on any atom is -0.380 e. The van der Waals surface area contributed by atoms with Crippen molar-refractivity contribution >= 4 is 5.91 Å². The van der Waals surface area contributed by atoms with Gasteiger partial charge in [-0.15, -0.1) is 0 Å². The van der Waals surface area contributed by atoms with Crippen LogP contribution in [-0.2, 0) is 9.53 Å². The molecule has 2 aromatic carbocycles. The second-order valence-corrected chi connectivity index (χ2v) is 5.81. The summed E-state index contributed by atoms with van der Waals surface area (Å²) in [5.74, 6) is 0.243. The molecule has 4 nitrogen and oxygen atoms in total. The van der Waals surface area contributed by atoms with E-state index in [2.05, 4.69) is 29.6 Å². The number of benzene rings is 2. The third kappa shape index (κ3) is 5.48. The van der Waals surface area contributed by atoms with E-state index in [1.807, 2.05) is 36.4 Å². The van der Waals surface area contributed by atoms with Gasteiger partial charge in [-0.1, -0.05) is 60.7 Å². The second kappa shape index (κ2) is 9.85. The number of rotatable bonds is 9. The largest absolute Gasteiger partial charge is 0.380 e. The predicted molar refractivity (Wildman–Crippen MR) is 96.8 cm³/mol. The number of carbonyl (C=O) groups excluding carboxylic acids is 1. The Morgan fingerprint density at radius 1 is 1.04 bits per heavy atom. The predicted octanol–water partition coefficient (Wildman–Crippen LogP) is 2.69.